The van der Waals surface area contributed by atoms with E-state index in [2.05, 4.69) is 30.2 Å². The predicted octanol–water partition coefficient (Wildman–Crippen LogP) is 7.73. The van der Waals surface area contributed by atoms with E-state index in [1.54, 1.807) is 11.3 Å². The number of nitrogens with zero attached hydrogens (tertiary/aromatic N) is 3. The Balaban J connectivity index is 1.74. The van der Waals surface area contributed by atoms with Crippen molar-refractivity contribution in [3.05, 3.63) is 70.4 Å². The molecular weight excluding hydrogens is 506 g/mol. The number of hydrogen-bond acceptors (Lipinski definition) is 5. The fourth-order valence-corrected chi connectivity index (χ4v) is 6.02. The van der Waals surface area contributed by atoms with Gasteiger partial charge in [0, 0.05) is 40.8 Å². The highest BCUT2D eigenvalue weighted by molar-refractivity contribution is 7.22. The van der Waals surface area contributed by atoms with Crippen molar-refractivity contribution in [1.29, 1.82) is 0 Å². The predicted molar refractivity (Wildman–Crippen MR) is 150 cm³/mol. The van der Waals surface area contributed by atoms with E-state index < -0.39 is 12.1 Å². The third-order valence-electron chi connectivity index (χ3n) is 6.61. The molecule has 37 heavy (non-hydrogen) atoms. The molecule has 0 radical (unpaired) electrons. The zero-order chi connectivity index (χ0) is 26.3. The van der Waals surface area contributed by atoms with E-state index in [0.29, 0.717) is 17.2 Å². The number of rotatable bonds is 8. The molecule has 0 aliphatic carbocycles. The molecule has 0 amide bonds. The van der Waals surface area contributed by atoms with Gasteiger partial charge in [0.25, 0.3) is 0 Å². The van der Waals surface area contributed by atoms with Gasteiger partial charge in [0.15, 0.2) is 6.10 Å². The van der Waals surface area contributed by atoms with Gasteiger partial charge in [-0.05, 0) is 55.7 Å². The lowest BCUT2D eigenvalue weighted by Gasteiger charge is -2.21. The van der Waals surface area contributed by atoms with E-state index in [1.807, 2.05) is 55.9 Å². The minimum absolute atomic E-state index is 0.378. The Hall–Kier alpha value is -3.26. The van der Waals surface area contributed by atoms with Crippen LogP contribution in [0.2, 0.25) is 5.02 Å². The van der Waals surface area contributed by atoms with Crippen molar-refractivity contribution in [2.75, 3.05) is 6.61 Å². The maximum Gasteiger partial charge on any atom is 0.337 e. The second-order valence-corrected chi connectivity index (χ2v) is 10.7. The quantitative estimate of drug-likeness (QED) is 0.206. The standard InChI is InChI=1S/C29H28ClN3O3S/c1-5-6-13-36-26(29(34)35)24-16(2)14-22-27(25(24)18-7-10-20(30)11-8-18)37-28(31-22)19-9-12-21-17(3)32-33(4)23(21)15-19/h7-12,14-15,26H,5-6,13H2,1-4H3,(H,34,35). The Morgan fingerprint density at radius 2 is 1.86 bits per heavy atom. The SMILES string of the molecule is CCCCOC(C(=O)O)c1c(C)cc2nc(-c3ccc4c(C)nn(C)c4c3)sc2c1-c1ccc(Cl)cc1. The Kier molecular flexibility index (Phi) is 7.03. The first-order valence-corrected chi connectivity index (χ1v) is 13.5. The van der Waals surface area contributed by atoms with Crippen molar-refractivity contribution in [3.63, 3.8) is 0 Å². The van der Waals surface area contributed by atoms with E-state index in [-0.39, 0.29) is 0 Å². The lowest BCUT2D eigenvalue weighted by molar-refractivity contribution is -0.151. The first kappa shape index (κ1) is 25.4. The molecule has 2 heterocycles. The molecule has 1 unspecified atom stereocenters. The number of aryl methyl sites for hydroxylation is 3. The van der Waals surface area contributed by atoms with Gasteiger partial charge in [-0.1, -0.05) is 49.2 Å². The summed E-state index contributed by atoms with van der Waals surface area (Å²) in [6.07, 6.45) is 0.635. The van der Waals surface area contributed by atoms with Gasteiger partial charge >= 0.3 is 5.97 Å². The normalized spacial score (nSPS) is 12.5. The summed E-state index contributed by atoms with van der Waals surface area (Å²) in [5, 5.41) is 17.3. The zero-order valence-corrected chi connectivity index (χ0v) is 22.8. The summed E-state index contributed by atoms with van der Waals surface area (Å²) in [7, 11) is 1.94. The largest absolute Gasteiger partial charge is 0.479 e. The summed E-state index contributed by atoms with van der Waals surface area (Å²) in [5.41, 5.74) is 7.04. The number of aromatic nitrogens is 3. The number of carboxylic acids is 1. The van der Waals surface area contributed by atoms with Crippen LogP contribution in [-0.4, -0.2) is 32.4 Å². The van der Waals surface area contributed by atoms with Crippen molar-refractivity contribution in [3.8, 4) is 21.7 Å². The minimum Gasteiger partial charge on any atom is -0.479 e. The second kappa shape index (κ2) is 10.2. The van der Waals surface area contributed by atoms with Gasteiger partial charge < -0.3 is 9.84 Å². The van der Waals surface area contributed by atoms with Crippen LogP contribution in [0.25, 0.3) is 42.8 Å². The molecule has 1 atom stereocenters. The molecule has 0 aliphatic heterocycles. The van der Waals surface area contributed by atoms with E-state index >= 15 is 0 Å². The average Bonchev–Trinajstić information content (AvgIpc) is 3.42. The van der Waals surface area contributed by atoms with Crippen LogP contribution in [0, 0.1) is 13.8 Å². The molecule has 0 saturated heterocycles. The number of hydrogen-bond donors (Lipinski definition) is 1. The van der Waals surface area contributed by atoms with Crippen molar-refractivity contribution in [2.45, 2.75) is 39.7 Å². The van der Waals surface area contributed by atoms with E-state index in [0.717, 1.165) is 66.9 Å². The molecule has 0 saturated carbocycles. The number of aliphatic carboxylic acids is 1. The van der Waals surface area contributed by atoms with Crippen LogP contribution < -0.4 is 0 Å². The number of halogens is 1. The summed E-state index contributed by atoms with van der Waals surface area (Å²) in [4.78, 5) is 17.4. The third kappa shape index (κ3) is 4.75. The molecule has 0 fully saturated rings. The van der Waals surface area contributed by atoms with E-state index in [4.69, 9.17) is 21.3 Å². The Morgan fingerprint density at radius 1 is 1.14 bits per heavy atom. The van der Waals surface area contributed by atoms with Crippen LogP contribution in [0.4, 0.5) is 0 Å². The molecule has 5 aromatic rings. The van der Waals surface area contributed by atoms with Crippen LogP contribution in [0.15, 0.2) is 48.5 Å². The fourth-order valence-electron chi connectivity index (χ4n) is 4.77. The highest BCUT2D eigenvalue weighted by Gasteiger charge is 2.29. The van der Waals surface area contributed by atoms with Crippen molar-refractivity contribution >= 4 is 50.0 Å². The van der Waals surface area contributed by atoms with E-state index in [9.17, 15) is 9.90 Å². The van der Waals surface area contributed by atoms with Gasteiger partial charge in [-0.15, -0.1) is 11.3 Å². The Bertz CT molecular complexity index is 1620. The summed E-state index contributed by atoms with van der Waals surface area (Å²) >= 11 is 7.75. The van der Waals surface area contributed by atoms with Gasteiger partial charge in [-0.25, -0.2) is 9.78 Å². The second-order valence-electron chi connectivity index (χ2n) is 9.24. The van der Waals surface area contributed by atoms with Gasteiger partial charge in [0.2, 0.25) is 0 Å². The Labute approximate surface area is 224 Å². The van der Waals surface area contributed by atoms with Crippen LogP contribution in [-0.2, 0) is 16.6 Å². The minimum atomic E-state index is -1.08. The lowest BCUT2D eigenvalue weighted by Crippen LogP contribution is -2.18. The molecule has 190 valence electrons. The van der Waals surface area contributed by atoms with Gasteiger partial charge in [-0.3, -0.25) is 4.68 Å². The molecule has 2 aromatic heterocycles. The number of benzene rings is 3. The fraction of sp³-hybridized carbons (Fsp3) is 0.276. The number of thiazole rings is 1. The number of carboxylic acid groups (broad SMARTS) is 1. The smallest absolute Gasteiger partial charge is 0.337 e. The van der Waals surface area contributed by atoms with Crippen LogP contribution in [0.5, 0.6) is 0 Å². The van der Waals surface area contributed by atoms with E-state index in [1.165, 1.54) is 0 Å². The number of unbranched alkanes of at least 4 members (excludes halogenated alkanes) is 1. The number of fused-ring (bicyclic) bond motifs is 2. The van der Waals surface area contributed by atoms with Gasteiger partial charge in [0.05, 0.1) is 21.4 Å². The van der Waals surface area contributed by atoms with Crippen LogP contribution in [0.1, 0.15) is 42.7 Å². The maximum absolute atomic E-state index is 12.4. The highest BCUT2D eigenvalue weighted by Crippen LogP contribution is 2.44. The highest BCUT2D eigenvalue weighted by atomic mass is 35.5. The van der Waals surface area contributed by atoms with Crippen LogP contribution >= 0.6 is 22.9 Å². The molecule has 1 N–H and O–H groups in total. The monoisotopic (exact) mass is 533 g/mol. The molecule has 6 nitrogen and oxygen atoms in total. The first-order valence-electron chi connectivity index (χ1n) is 12.3. The van der Waals surface area contributed by atoms with Gasteiger partial charge in [-0.2, -0.15) is 5.10 Å². The summed E-state index contributed by atoms with van der Waals surface area (Å²) in [6, 6.07) is 15.7. The molecule has 8 heteroatoms. The summed E-state index contributed by atoms with van der Waals surface area (Å²) in [6.45, 7) is 6.36. The molecule has 0 bridgehead atoms. The van der Waals surface area contributed by atoms with Crippen molar-refractivity contribution < 1.29 is 14.6 Å². The number of carbonyl (C=O) groups is 1. The molecule has 3 aromatic carbocycles. The lowest BCUT2D eigenvalue weighted by atomic mass is 9.91. The zero-order valence-electron chi connectivity index (χ0n) is 21.2. The van der Waals surface area contributed by atoms with Gasteiger partial charge in [0.1, 0.15) is 5.01 Å². The first-order chi connectivity index (χ1) is 17.8. The molecule has 0 spiro atoms. The topological polar surface area (TPSA) is 77.2 Å². The van der Waals surface area contributed by atoms with Crippen LogP contribution in [0.3, 0.4) is 0 Å². The Morgan fingerprint density at radius 3 is 2.57 bits per heavy atom. The summed E-state index contributed by atoms with van der Waals surface area (Å²) in [5.74, 6) is -1.00. The number of ether oxygens (including phenoxy) is 1. The molecular formula is C29H28ClN3O3S. The van der Waals surface area contributed by atoms with Crippen molar-refractivity contribution in [2.24, 2.45) is 7.05 Å². The average molecular weight is 534 g/mol. The maximum atomic E-state index is 12.4. The molecule has 0 aliphatic rings. The summed E-state index contributed by atoms with van der Waals surface area (Å²) < 4.78 is 8.75. The third-order valence-corrected chi connectivity index (χ3v) is 8.00. The van der Waals surface area contributed by atoms with Crippen molar-refractivity contribution in [1.82, 2.24) is 14.8 Å². The molecule has 5 rings (SSSR count).